The van der Waals surface area contributed by atoms with Crippen LogP contribution in [0.5, 0.6) is 5.75 Å². The third kappa shape index (κ3) is 2.43. The largest absolute Gasteiger partial charge is 0.497 e. The predicted molar refractivity (Wildman–Crippen MR) is 103 cm³/mol. The van der Waals surface area contributed by atoms with E-state index >= 15 is 0 Å². The molecule has 0 N–H and O–H groups in total. The highest BCUT2D eigenvalue weighted by atomic mass is 16.5. The second-order valence-electron chi connectivity index (χ2n) is 9.27. The first-order chi connectivity index (χ1) is 12.7. The quantitative estimate of drug-likeness (QED) is 0.755. The number of rotatable bonds is 4. The van der Waals surface area contributed by atoms with E-state index < -0.39 is 5.54 Å². The molecule has 4 unspecified atom stereocenters. The maximum Gasteiger partial charge on any atom is 0.327 e. The summed E-state index contributed by atoms with van der Waals surface area (Å²) in [5.74, 6) is 2.25. The summed E-state index contributed by atoms with van der Waals surface area (Å²) in [4.78, 5) is 29.6. The lowest BCUT2D eigenvalue weighted by atomic mass is 9.43. The maximum atomic E-state index is 13.5. The Hall–Kier alpha value is -2.04. The van der Waals surface area contributed by atoms with Crippen molar-refractivity contribution in [2.24, 2.45) is 23.2 Å². The molecule has 3 saturated carbocycles. The van der Waals surface area contributed by atoms with Gasteiger partial charge in [0.2, 0.25) is 0 Å². The highest BCUT2D eigenvalue weighted by Gasteiger charge is 2.65. The van der Waals surface area contributed by atoms with Gasteiger partial charge in [-0.25, -0.2) is 4.79 Å². The van der Waals surface area contributed by atoms with Gasteiger partial charge in [-0.3, -0.25) is 9.69 Å². The topological polar surface area (TPSA) is 49.9 Å². The molecule has 1 aliphatic heterocycles. The lowest BCUT2D eigenvalue weighted by Gasteiger charge is -2.63. The van der Waals surface area contributed by atoms with E-state index in [9.17, 15) is 9.59 Å². The van der Waals surface area contributed by atoms with Gasteiger partial charge in [-0.15, -0.1) is 0 Å². The number of hydrogen-bond donors (Lipinski definition) is 0. The standard InChI is InChI=1S/C22H30N2O3/c1-21(2)15-8-11-17(18(21)12-15)22(3)19(25)24(20(26)23(22)4)13-14-6-9-16(27-5)10-7-14/h6-7,9-10,15,17-18H,8,11-13H2,1-5H3. The molecule has 27 heavy (non-hydrogen) atoms. The van der Waals surface area contributed by atoms with Crippen LogP contribution in [-0.4, -0.2) is 41.4 Å². The minimum absolute atomic E-state index is 0.0445. The first-order valence-corrected chi connectivity index (χ1v) is 9.94. The van der Waals surface area contributed by atoms with Crippen LogP contribution in [0.25, 0.3) is 0 Å². The summed E-state index contributed by atoms with van der Waals surface area (Å²) in [6.45, 7) is 6.96. The van der Waals surface area contributed by atoms with Gasteiger partial charge in [0, 0.05) is 7.05 Å². The normalized spacial score (nSPS) is 34.6. The number of amides is 3. The molecular formula is C22H30N2O3. The summed E-state index contributed by atoms with van der Waals surface area (Å²) in [5, 5.41) is 0. The van der Waals surface area contributed by atoms with Gasteiger partial charge in [-0.1, -0.05) is 26.0 Å². The van der Waals surface area contributed by atoms with Gasteiger partial charge in [-0.05, 0) is 67.1 Å². The lowest BCUT2D eigenvalue weighted by molar-refractivity contribution is -0.157. The van der Waals surface area contributed by atoms with E-state index in [1.54, 1.807) is 19.1 Å². The molecule has 5 heteroatoms. The first-order valence-electron chi connectivity index (χ1n) is 9.94. The molecule has 4 atom stereocenters. The number of likely N-dealkylation sites (N-methyl/N-ethyl adjacent to an activating group) is 1. The number of carbonyl (C=O) groups is 2. The lowest BCUT2D eigenvalue weighted by Crippen LogP contribution is -2.63. The summed E-state index contributed by atoms with van der Waals surface area (Å²) in [6, 6.07) is 7.37. The van der Waals surface area contributed by atoms with E-state index in [-0.39, 0.29) is 23.3 Å². The molecule has 146 valence electrons. The number of urea groups is 1. The number of imide groups is 1. The van der Waals surface area contributed by atoms with Crippen molar-refractivity contribution in [2.45, 2.75) is 52.1 Å². The van der Waals surface area contributed by atoms with Crippen LogP contribution in [0.2, 0.25) is 0 Å². The monoisotopic (exact) mass is 370 g/mol. The third-order valence-corrected chi connectivity index (χ3v) is 7.97. The number of hydrogen-bond acceptors (Lipinski definition) is 3. The van der Waals surface area contributed by atoms with E-state index in [1.807, 2.05) is 31.2 Å². The van der Waals surface area contributed by atoms with Crippen LogP contribution in [0.3, 0.4) is 0 Å². The van der Waals surface area contributed by atoms with E-state index in [4.69, 9.17) is 4.74 Å². The third-order valence-electron chi connectivity index (χ3n) is 7.97. The zero-order valence-corrected chi connectivity index (χ0v) is 17.0. The summed E-state index contributed by atoms with van der Waals surface area (Å²) >= 11 is 0. The first kappa shape index (κ1) is 18.3. The zero-order valence-electron chi connectivity index (χ0n) is 17.0. The minimum Gasteiger partial charge on any atom is -0.497 e. The molecule has 1 aromatic rings. The molecule has 4 fully saturated rings. The second-order valence-corrected chi connectivity index (χ2v) is 9.27. The fraction of sp³-hybridized carbons (Fsp3) is 0.636. The Labute approximate surface area is 161 Å². The Balaban J connectivity index is 1.59. The van der Waals surface area contributed by atoms with Crippen LogP contribution in [0, 0.1) is 23.2 Å². The van der Waals surface area contributed by atoms with Gasteiger partial charge in [0.1, 0.15) is 11.3 Å². The number of ether oxygens (including phenoxy) is 1. The SMILES string of the molecule is COc1ccc(CN2C(=O)N(C)C(C)(C3CCC4CC3C4(C)C)C2=O)cc1. The van der Waals surface area contributed by atoms with Crippen LogP contribution in [0.15, 0.2) is 24.3 Å². The highest BCUT2D eigenvalue weighted by molar-refractivity contribution is 6.06. The predicted octanol–water partition coefficient (Wildman–Crippen LogP) is 3.92. The molecule has 5 rings (SSSR count). The molecule has 1 aromatic carbocycles. The fourth-order valence-corrected chi connectivity index (χ4v) is 5.83. The van der Waals surface area contributed by atoms with Gasteiger partial charge < -0.3 is 9.64 Å². The Kier molecular flexibility index (Phi) is 4.06. The molecular weight excluding hydrogens is 340 g/mol. The van der Waals surface area contributed by atoms with Gasteiger partial charge >= 0.3 is 6.03 Å². The molecule has 4 aliphatic rings. The number of benzene rings is 1. The fourth-order valence-electron chi connectivity index (χ4n) is 5.83. The zero-order chi connectivity index (χ0) is 19.6. The molecule has 3 amide bonds. The minimum atomic E-state index is -0.739. The number of carbonyl (C=O) groups excluding carboxylic acids is 2. The van der Waals surface area contributed by atoms with Crippen molar-refractivity contribution in [1.82, 2.24) is 9.80 Å². The van der Waals surface area contributed by atoms with Crippen LogP contribution in [0.4, 0.5) is 4.79 Å². The Morgan fingerprint density at radius 1 is 1.07 bits per heavy atom. The summed E-state index contributed by atoms with van der Waals surface area (Å²) in [5.41, 5.74) is 0.471. The number of fused-ring (bicyclic) bond motifs is 2. The average molecular weight is 370 g/mol. The average Bonchev–Trinajstić information content (AvgIpc) is 2.84. The van der Waals surface area contributed by atoms with Crippen molar-refractivity contribution in [1.29, 1.82) is 0 Å². The van der Waals surface area contributed by atoms with Crippen LogP contribution < -0.4 is 4.74 Å². The van der Waals surface area contributed by atoms with E-state index in [0.717, 1.165) is 30.1 Å². The molecule has 1 saturated heterocycles. The Morgan fingerprint density at radius 3 is 2.30 bits per heavy atom. The van der Waals surface area contributed by atoms with Crippen molar-refractivity contribution in [3.63, 3.8) is 0 Å². The number of methoxy groups -OCH3 is 1. The highest BCUT2D eigenvalue weighted by Crippen LogP contribution is 2.64. The smallest absolute Gasteiger partial charge is 0.327 e. The van der Waals surface area contributed by atoms with Gasteiger partial charge in [0.05, 0.1) is 13.7 Å². The molecule has 1 heterocycles. The van der Waals surface area contributed by atoms with Crippen molar-refractivity contribution >= 4 is 11.9 Å². The Morgan fingerprint density at radius 2 is 1.74 bits per heavy atom. The van der Waals surface area contributed by atoms with Crippen LogP contribution >= 0.6 is 0 Å². The van der Waals surface area contributed by atoms with Crippen molar-refractivity contribution in [3.05, 3.63) is 29.8 Å². The van der Waals surface area contributed by atoms with E-state index in [0.29, 0.717) is 12.5 Å². The summed E-state index contributed by atoms with van der Waals surface area (Å²) < 4.78 is 5.19. The summed E-state index contributed by atoms with van der Waals surface area (Å²) in [7, 11) is 3.42. The molecule has 0 aromatic heterocycles. The van der Waals surface area contributed by atoms with Crippen molar-refractivity contribution in [3.8, 4) is 5.75 Å². The van der Waals surface area contributed by atoms with Crippen LogP contribution in [-0.2, 0) is 11.3 Å². The van der Waals surface area contributed by atoms with Crippen molar-refractivity contribution < 1.29 is 14.3 Å². The van der Waals surface area contributed by atoms with E-state index in [1.165, 1.54) is 11.3 Å². The summed E-state index contributed by atoms with van der Waals surface area (Å²) in [6.07, 6.45) is 3.40. The number of nitrogens with zero attached hydrogens (tertiary/aromatic N) is 2. The Bertz CT molecular complexity index is 770. The van der Waals surface area contributed by atoms with Gasteiger partial charge in [0.15, 0.2) is 0 Å². The molecule has 0 spiro atoms. The molecule has 3 aliphatic carbocycles. The second kappa shape index (κ2) is 5.98. The van der Waals surface area contributed by atoms with Crippen LogP contribution in [0.1, 0.15) is 45.6 Å². The van der Waals surface area contributed by atoms with Crippen molar-refractivity contribution in [2.75, 3.05) is 14.2 Å². The molecule has 5 nitrogen and oxygen atoms in total. The van der Waals surface area contributed by atoms with Gasteiger partial charge in [0.25, 0.3) is 5.91 Å². The molecule has 2 bridgehead atoms. The maximum absolute atomic E-state index is 13.5. The van der Waals surface area contributed by atoms with E-state index in [2.05, 4.69) is 13.8 Å². The van der Waals surface area contributed by atoms with Gasteiger partial charge in [-0.2, -0.15) is 0 Å². The molecule has 0 radical (unpaired) electrons.